The molecule has 1 aliphatic heterocycles. The Morgan fingerprint density at radius 2 is 2.17 bits per heavy atom. The molecule has 4 nitrogen and oxygen atoms in total. The molecule has 96 valence electrons. The lowest BCUT2D eigenvalue weighted by molar-refractivity contribution is 0.366. The summed E-state index contributed by atoms with van der Waals surface area (Å²) in [4.78, 5) is 4.59. The van der Waals surface area contributed by atoms with Gasteiger partial charge in [0.05, 0.1) is 11.7 Å². The molecule has 18 heavy (non-hydrogen) atoms. The second kappa shape index (κ2) is 5.08. The van der Waals surface area contributed by atoms with Crippen LogP contribution in [0.4, 0.5) is 0 Å². The van der Waals surface area contributed by atoms with Crippen molar-refractivity contribution in [2.24, 2.45) is 11.7 Å². The van der Waals surface area contributed by atoms with E-state index in [0.29, 0.717) is 6.54 Å². The fourth-order valence-electron chi connectivity index (χ4n) is 2.83. The van der Waals surface area contributed by atoms with Crippen molar-refractivity contribution >= 4 is 5.52 Å². The van der Waals surface area contributed by atoms with Crippen molar-refractivity contribution in [3.05, 3.63) is 35.9 Å². The van der Waals surface area contributed by atoms with E-state index in [1.807, 2.05) is 12.3 Å². The molecule has 3 rings (SSSR count). The summed E-state index contributed by atoms with van der Waals surface area (Å²) in [6, 6.07) is 6.23. The normalized spacial score (nSPS) is 17.4. The van der Waals surface area contributed by atoms with Crippen molar-refractivity contribution < 1.29 is 0 Å². The van der Waals surface area contributed by atoms with Crippen LogP contribution in [-0.4, -0.2) is 22.5 Å². The van der Waals surface area contributed by atoms with Crippen molar-refractivity contribution in [2.75, 3.05) is 13.1 Å². The zero-order valence-corrected chi connectivity index (χ0v) is 10.6. The fraction of sp³-hybridized carbons (Fsp3) is 0.500. The summed E-state index contributed by atoms with van der Waals surface area (Å²) in [6.07, 6.45) is 5.52. The van der Waals surface area contributed by atoms with Gasteiger partial charge in [0.1, 0.15) is 5.82 Å². The molecule has 0 radical (unpaired) electrons. The number of pyridine rings is 1. The number of rotatable bonds is 3. The Morgan fingerprint density at radius 1 is 1.33 bits per heavy atom. The molecule has 0 bridgehead atoms. The number of imidazole rings is 1. The van der Waals surface area contributed by atoms with Gasteiger partial charge < -0.3 is 11.1 Å². The standard InChI is InChI=1S/C14H20N4/c15-9-12-2-1-3-13-10-17-14(18(12)13)8-11-4-6-16-7-5-11/h1-3,10-11,16H,4-9,15H2. The minimum atomic E-state index is 0.562. The molecule has 4 heteroatoms. The summed E-state index contributed by atoms with van der Waals surface area (Å²) >= 11 is 0. The maximum atomic E-state index is 5.82. The van der Waals surface area contributed by atoms with E-state index < -0.39 is 0 Å². The predicted octanol–water partition coefficient (Wildman–Crippen LogP) is 1.34. The molecule has 0 unspecified atom stereocenters. The van der Waals surface area contributed by atoms with Gasteiger partial charge in [-0.1, -0.05) is 6.07 Å². The van der Waals surface area contributed by atoms with Crippen molar-refractivity contribution in [3.63, 3.8) is 0 Å². The van der Waals surface area contributed by atoms with Gasteiger partial charge in [0.2, 0.25) is 0 Å². The first-order valence-electron chi connectivity index (χ1n) is 6.73. The van der Waals surface area contributed by atoms with Gasteiger partial charge in [0, 0.05) is 18.7 Å². The molecule has 3 N–H and O–H groups in total. The van der Waals surface area contributed by atoms with Crippen molar-refractivity contribution in [2.45, 2.75) is 25.8 Å². The lowest BCUT2D eigenvalue weighted by atomic mass is 9.94. The Hall–Kier alpha value is -1.39. The van der Waals surface area contributed by atoms with Crippen LogP contribution in [-0.2, 0) is 13.0 Å². The molecule has 3 heterocycles. The zero-order chi connectivity index (χ0) is 12.4. The van der Waals surface area contributed by atoms with Crippen LogP contribution in [0.3, 0.4) is 0 Å². The Balaban J connectivity index is 1.91. The average Bonchev–Trinajstić information content (AvgIpc) is 2.83. The number of hydrogen-bond donors (Lipinski definition) is 2. The SMILES string of the molecule is NCc1cccc2cnc(CC3CCNCC3)n12. The first-order chi connectivity index (χ1) is 8.88. The van der Waals surface area contributed by atoms with Crippen molar-refractivity contribution in [3.8, 4) is 0 Å². The van der Waals surface area contributed by atoms with Crippen LogP contribution in [0.2, 0.25) is 0 Å². The minimum absolute atomic E-state index is 0.562. The molecule has 0 amide bonds. The monoisotopic (exact) mass is 244 g/mol. The number of fused-ring (bicyclic) bond motifs is 1. The van der Waals surface area contributed by atoms with E-state index in [1.54, 1.807) is 0 Å². The van der Waals surface area contributed by atoms with Gasteiger partial charge in [-0.3, -0.25) is 4.40 Å². The van der Waals surface area contributed by atoms with Crippen LogP contribution in [0.1, 0.15) is 24.4 Å². The smallest absolute Gasteiger partial charge is 0.113 e. The van der Waals surface area contributed by atoms with Crippen LogP contribution >= 0.6 is 0 Å². The number of piperidine rings is 1. The molecule has 0 saturated carbocycles. The summed E-state index contributed by atoms with van der Waals surface area (Å²) in [5.41, 5.74) is 8.12. The van der Waals surface area contributed by atoms with E-state index in [2.05, 4.69) is 26.8 Å². The third-order valence-electron chi connectivity index (χ3n) is 3.84. The van der Waals surface area contributed by atoms with Gasteiger partial charge in [-0.15, -0.1) is 0 Å². The van der Waals surface area contributed by atoms with Gasteiger partial charge in [0.25, 0.3) is 0 Å². The quantitative estimate of drug-likeness (QED) is 0.856. The van der Waals surface area contributed by atoms with E-state index in [9.17, 15) is 0 Å². The van der Waals surface area contributed by atoms with Crippen molar-refractivity contribution in [1.29, 1.82) is 0 Å². The summed E-state index contributed by atoms with van der Waals surface area (Å²) < 4.78 is 2.22. The number of nitrogens with zero attached hydrogens (tertiary/aromatic N) is 2. The van der Waals surface area contributed by atoms with E-state index >= 15 is 0 Å². The summed E-state index contributed by atoms with van der Waals surface area (Å²) in [5, 5.41) is 3.41. The average molecular weight is 244 g/mol. The highest BCUT2D eigenvalue weighted by molar-refractivity contribution is 5.47. The highest BCUT2D eigenvalue weighted by atomic mass is 15.0. The van der Waals surface area contributed by atoms with Gasteiger partial charge in [-0.25, -0.2) is 4.98 Å². The topological polar surface area (TPSA) is 55.3 Å². The first kappa shape index (κ1) is 11.7. The van der Waals surface area contributed by atoms with E-state index in [0.717, 1.165) is 42.5 Å². The molecule has 1 aliphatic rings. The van der Waals surface area contributed by atoms with Crippen LogP contribution in [0.15, 0.2) is 24.4 Å². The molecule has 0 aromatic carbocycles. The van der Waals surface area contributed by atoms with E-state index in [1.165, 1.54) is 12.8 Å². The van der Waals surface area contributed by atoms with Gasteiger partial charge in [0.15, 0.2) is 0 Å². The molecule has 0 spiro atoms. The maximum absolute atomic E-state index is 5.82. The van der Waals surface area contributed by atoms with E-state index in [-0.39, 0.29) is 0 Å². The lowest BCUT2D eigenvalue weighted by Gasteiger charge is -2.22. The van der Waals surface area contributed by atoms with E-state index in [4.69, 9.17) is 5.73 Å². The summed E-state index contributed by atoms with van der Waals surface area (Å²) in [7, 11) is 0. The third kappa shape index (κ3) is 2.13. The number of hydrogen-bond acceptors (Lipinski definition) is 3. The molecule has 2 aromatic heterocycles. The Morgan fingerprint density at radius 3 is 2.94 bits per heavy atom. The second-order valence-electron chi connectivity index (χ2n) is 5.05. The highest BCUT2D eigenvalue weighted by Crippen LogP contribution is 2.19. The Kier molecular flexibility index (Phi) is 3.30. The van der Waals surface area contributed by atoms with Crippen LogP contribution in [0.25, 0.3) is 5.52 Å². The molecule has 0 atom stereocenters. The Labute approximate surface area is 107 Å². The minimum Gasteiger partial charge on any atom is -0.325 e. The van der Waals surface area contributed by atoms with Crippen LogP contribution in [0.5, 0.6) is 0 Å². The molecule has 2 aromatic rings. The highest BCUT2D eigenvalue weighted by Gasteiger charge is 2.16. The third-order valence-corrected chi connectivity index (χ3v) is 3.84. The maximum Gasteiger partial charge on any atom is 0.113 e. The molecule has 1 saturated heterocycles. The van der Waals surface area contributed by atoms with Gasteiger partial charge in [-0.05, 0) is 44.0 Å². The number of nitrogens with one attached hydrogen (secondary N) is 1. The second-order valence-corrected chi connectivity index (χ2v) is 5.05. The molecular formula is C14H20N4. The largest absolute Gasteiger partial charge is 0.325 e. The van der Waals surface area contributed by atoms with Crippen molar-refractivity contribution in [1.82, 2.24) is 14.7 Å². The van der Waals surface area contributed by atoms with Crippen LogP contribution in [0, 0.1) is 5.92 Å². The van der Waals surface area contributed by atoms with Gasteiger partial charge in [-0.2, -0.15) is 0 Å². The first-order valence-corrected chi connectivity index (χ1v) is 6.73. The van der Waals surface area contributed by atoms with Gasteiger partial charge >= 0.3 is 0 Å². The van der Waals surface area contributed by atoms with Crippen LogP contribution < -0.4 is 11.1 Å². The molecule has 0 aliphatic carbocycles. The predicted molar refractivity (Wildman–Crippen MR) is 72.4 cm³/mol. The number of nitrogens with two attached hydrogens (primary N) is 1. The summed E-state index contributed by atoms with van der Waals surface area (Å²) in [6.45, 7) is 2.84. The molecular weight excluding hydrogens is 224 g/mol. The zero-order valence-electron chi connectivity index (χ0n) is 10.6. The Bertz CT molecular complexity index is 526. The molecule has 1 fully saturated rings. The fourth-order valence-corrected chi connectivity index (χ4v) is 2.83. The number of aromatic nitrogens is 2. The lowest BCUT2D eigenvalue weighted by Crippen LogP contribution is -2.29. The summed E-state index contributed by atoms with van der Waals surface area (Å²) in [5.74, 6) is 1.92.